The number of para-hydroxylation sites is 1. The van der Waals surface area contributed by atoms with Crippen LogP contribution in [0.25, 0.3) is 5.65 Å². The second-order valence-electron chi connectivity index (χ2n) is 6.32. The van der Waals surface area contributed by atoms with Gasteiger partial charge in [-0.1, -0.05) is 24.3 Å². The van der Waals surface area contributed by atoms with Crippen molar-refractivity contribution in [2.24, 2.45) is 0 Å². The third-order valence-corrected chi connectivity index (χ3v) is 4.87. The van der Waals surface area contributed by atoms with Crippen LogP contribution in [0.3, 0.4) is 0 Å². The maximum atomic E-state index is 10.1. The van der Waals surface area contributed by atoms with Gasteiger partial charge in [0.1, 0.15) is 11.4 Å². The van der Waals surface area contributed by atoms with Crippen LogP contribution in [0, 0.1) is 6.92 Å². The largest absolute Gasteiger partial charge is 0.493 e. The van der Waals surface area contributed by atoms with Crippen molar-refractivity contribution in [3.05, 3.63) is 65.6 Å². The molecule has 0 spiro atoms. The lowest BCUT2D eigenvalue weighted by molar-refractivity contribution is 0.105. The van der Waals surface area contributed by atoms with Crippen LogP contribution in [0.4, 0.5) is 0 Å². The summed E-state index contributed by atoms with van der Waals surface area (Å²) in [5.41, 5.74) is 3.73. The van der Waals surface area contributed by atoms with Gasteiger partial charge >= 0.3 is 0 Å². The van der Waals surface area contributed by atoms with Crippen molar-refractivity contribution in [1.82, 2.24) is 14.7 Å². The second-order valence-corrected chi connectivity index (χ2v) is 6.32. The van der Waals surface area contributed by atoms with Gasteiger partial charge in [-0.15, -0.1) is 0 Å². The van der Waals surface area contributed by atoms with Gasteiger partial charge in [-0.3, -0.25) is 5.32 Å². The van der Waals surface area contributed by atoms with Gasteiger partial charge in [0.25, 0.3) is 0 Å². The minimum absolute atomic E-state index is 0.0309. The van der Waals surface area contributed by atoms with Gasteiger partial charge in [-0.05, 0) is 24.6 Å². The van der Waals surface area contributed by atoms with Crippen LogP contribution in [0.2, 0.25) is 0 Å². The van der Waals surface area contributed by atoms with Crippen LogP contribution < -0.4 is 10.1 Å². The molecule has 0 saturated heterocycles. The van der Waals surface area contributed by atoms with Crippen molar-refractivity contribution in [1.29, 1.82) is 0 Å². The molecule has 4 rings (SSSR count). The highest BCUT2D eigenvalue weighted by atomic mass is 16.5. The number of aromatic nitrogens is 2. The number of hydrogen-bond acceptors (Lipinski definition) is 4. The summed E-state index contributed by atoms with van der Waals surface area (Å²) < 4.78 is 7.83. The van der Waals surface area contributed by atoms with E-state index in [2.05, 4.69) is 27.7 Å². The Balaban J connectivity index is 1.65. The monoisotopic (exact) mass is 323 g/mol. The molecule has 2 N–H and O–H groups in total. The molecule has 1 aromatic carbocycles. The van der Waals surface area contributed by atoms with E-state index in [9.17, 15) is 5.11 Å². The topological polar surface area (TPSA) is 58.8 Å². The summed E-state index contributed by atoms with van der Waals surface area (Å²) in [6.45, 7) is 3.31. The van der Waals surface area contributed by atoms with Crippen LogP contribution in [0.15, 0.2) is 48.8 Å². The van der Waals surface area contributed by atoms with Crippen LogP contribution >= 0.6 is 0 Å². The summed E-state index contributed by atoms with van der Waals surface area (Å²) in [4.78, 5) is 4.51. The molecule has 0 bridgehead atoms. The van der Waals surface area contributed by atoms with Gasteiger partial charge in [0.2, 0.25) is 0 Å². The number of fused-ring (bicyclic) bond motifs is 2. The minimum Gasteiger partial charge on any atom is -0.493 e. The van der Waals surface area contributed by atoms with E-state index in [0.717, 1.165) is 34.6 Å². The number of pyridine rings is 1. The van der Waals surface area contributed by atoms with Crippen LogP contribution in [-0.2, 0) is 12.1 Å². The average Bonchev–Trinajstić information content (AvgIpc) is 3.04. The van der Waals surface area contributed by atoms with E-state index >= 15 is 0 Å². The zero-order valence-corrected chi connectivity index (χ0v) is 13.7. The van der Waals surface area contributed by atoms with Gasteiger partial charge in [-0.2, -0.15) is 0 Å². The molecule has 2 aromatic heterocycles. The van der Waals surface area contributed by atoms with E-state index in [1.807, 2.05) is 42.7 Å². The number of nitrogens with one attached hydrogen (secondary N) is 1. The zero-order valence-electron chi connectivity index (χ0n) is 13.7. The molecule has 0 aliphatic carbocycles. The summed E-state index contributed by atoms with van der Waals surface area (Å²) in [6, 6.07) is 12.0. The summed E-state index contributed by atoms with van der Waals surface area (Å²) in [7, 11) is 0. The normalized spacial score (nSPS) is 19.9. The third kappa shape index (κ3) is 2.37. The Morgan fingerprint density at radius 3 is 3.04 bits per heavy atom. The SMILES string of the molecule is Cc1cccn2c(CN[C@@]3(CO)CCOc4ccccc43)cnc12. The molecule has 124 valence electrons. The minimum atomic E-state index is -0.483. The predicted molar refractivity (Wildman–Crippen MR) is 92.1 cm³/mol. The maximum Gasteiger partial charge on any atom is 0.139 e. The molecule has 5 nitrogen and oxygen atoms in total. The van der Waals surface area contributed by atoms with Gasteiger partial charge < -0.3 is 14.2 Å². The van der Waals surface area contributed by atoms with Gasteiger partial charge in [0, 0.05) is 24.7 Å². The van der Waals surface area contributed by atoms with Crippen molar-refractivity contribution in [2.75, 3.05) is 13.2 Å². The number of ether oxygens (including phenoxy) is 1. The molecular weight excluding hydrogens is 302 g/mol. The van der Waals surface area contributed by atoms with Gasteiger partial charge in [0.15, 0.2) is 0 Å². The molecule has 1 aliphatic heterocycles. The highest BCUT2D eigenvalue weighted by Crippen LogP contribution is 2.36. The Bertz CT molecular complexity index is 874. The number of benzene rings is 1. The van der Waals surface area contributed by atoms with Crippen molar-refractivity contribution < 1.29 is 9.84 Å². The summed E-state index contributed by atoms with van der Waals surface area (Å²) >= 11 is 0. The highest BCUT2D eigenvalue weighted by molar-refractivity contribution is 5.48. The number of hydrogen-bond donors (Lipinski definition) is 2. The molecule has 3 heterocycles. The summed E-state index contributed by atoms with van der Waals surface area (Å²) in [5, 5.41) is 13.7. The first-order chi connectivity index (χ1) is 11.7. The first kappa shape index (κ1) is 15.2. The predicted octanol–water partition coefficient (Wildman–Crippen LogP) is 2.40. The summed E-state index contributed by atoms with van der Waals surface area (Å²) in [5.74, 6) is 0.847. The maximum absolute atomic E-state index is 10.1. The van der Waals surface area contributed by atoms with Gasteiger partial charge in [-0.25, -0.2) is 4.98 Å². The Labute approximate surface area is 140 Å². The fraction of sp³-hybridized carbons (Fsp3) is 0.316. The first-order valence-electron chi connectivity index (χ1n) is 8.23. The number of nitrogens with zero attached hydrogens (tertiary/aromatic N) is 2. The van der Waals surface area contributed by atoms with Crippen molar-refractivity contribution in [3.8, 4) is 5.75 Å². The molecular formula is C19H21N3O2. The lowest BCUT2D eigenvalue weighted by atomic mass is 9.85. The van der Waals surface area contributed by atoms with E-state index in [1.54, 1.807) is 0 Å². The number of aliphatic hydroxyl groups excluding tert-OH is 1. The molecule has 0 amide bonds. The van der Waals surface area contributed by atoms with Crippen molar-refractivity contribution in [3.63, 3.8) is 0 Å². The molecule has 0 saturated carbocycles. The van der Waals surface area contributed by atoms with E-state index in [-0.39, 0.29) is 6.61 Å². The number of rotatable bonds is 4. The number of aryl methyl sites for hydroxylation is 1. The fourth-order valence-corrected chi connectivity index (χ4v) is 3.45. The molecule has 0 fully saturated rings. The Kier molecular flexibility index (Phi) is 3.75. The van der Waals surface area contributed by atoms with Crippen LogP contribution in [-0.4, -0.2) is 27.7 Å². The Morgan fingerprint density at radius 2 is 2.17 bits per heavy atom. The summed E-state index contributed by atoms with van der Waals surface area (Å²) in [6.07, 6.45) is 4.65. The van der Waals surface area contributed by atoms with Crippen molar-refractivity contribution >= 4 is 5.65 Å². The van der Waals surface area contributed by atoms with Crippen molar-refractivity contribution in [2.45, 2.75) is 25.4 Å². The molecule has 0 radical (unpaired) electrons. The molecule has 1 aliphatic rings. The molecule has 1 atom stereocenters. The van der Waals surface area contributed by atoms with E-state index in [4.69, 9.17) is 4.74 Å². The average molecular weight is 323 g/mol. The highest BCUT2D eigenvalue weighted by Gasteiger charge is 2.36. The molecule has 0 unspecified atom stereocenters. The van der Waals surface area contributed by atoms with E-state index in [0.29, 0.717) is 13.2 Å². The zero-order chi connectivity index (χ0) is 16.6. The molecule has 5 heteroatoms. The lowest BCUT2D eigenvalue weighted by Gasteiger charge is -2.38. The third-order valence-electron chi connectivity index (χ3n) is 4.87. The number of imidazole rings is 1. The van der Waals surface area contributed by atoms with Crippen LogP contribution in [0.5, 0.6) is 5.75 Å². The van der Waals surface area contributed by atoms with Gasteiger partial charge in [0.05, 0.1) is 30.6 Å². The molecule has 24 heavy (non-hydrogen) atoms. The smallest absolute Gasteiger partial charge is 0.139 e. The number of aliphatic hydroxyl groups is 1. The fourth-order valence-electron chi connectivity index (χ4n) is 3.45. The molecule has 3 aromatic rings. The first-order valence-corrected chi connectivity index (χ1v) is 8.23. The van der Waals surface area contributed by atoms with E-state index in [1.165, 1.54) is 0 Å². The van der Waals surface area contributed by atoms with E-state index < -0.39 is 5.54 Å². The van der Waals surface area contributed by atoms with Crippen LogP contribution in [0.1, 0.15) is 23.2 Å². The quantitative estimate of drug-likeness (QED) is 0.774. The Hall–Kier alpha value is -2.37. The lowest BCUT2D eigenvalue weighted by Crippen LogP contribution is -2.48. The Morgan fingerprint density at radius 1 is 1.29 bits per heavy atom. The standard InChI is InChI=1S/C19H21N3O2/c1-14-5-4-9-22-15(11-20-18(14)22)12-21-19(13-23)8-10-24-17-7-3-2-6-16(17)19/h2-7,9,11,21,23H,8,10,12-13H2,1H3/t19-/m1/s1. The second kappa shape index (κ2) is 5.92.